The van der Waals surface area contributed by atoms with Gasteiger partial charge in [0, 0.05) is 16.5 Å². The summed E-state index contributed by atoms with van der Waals surface area (Å²) in [6.07, 6.45) is -1.12. The van der Waals surface area contributed by atoms with Crippen LogP contribution in [-0.2, 0) is 4.74 Å². The van der Waals surface area contributed by atoms with E-state index in [4.69, 9.17) is 13.9 Å². The molecule has 1 aromatic heterocycles. The van der Waals surface area contributed by atoms with Gasteiger partial charge in [-0.2, -0.15) is 0 Å². The third-order valence-electron chi connectivity index (χ3n) is 4.39. The van der Waals surface area contributed by atoms with Crippen molar-refractivity contribution < 1.29 is 33.0 Å². The van der Waals surface area contributed by atoms with Gasteiger partial charge in [0.25, 0.3) is 0 Å². The molecule has 1 unspecified atom stereocenters. The van der Waals surface area contributed by atoms with Crippen molar-refractivity contribution in [2.45, 2.75) is 6.10 Å². The third kappa shape index (κ3) is 2.84. The van der Waals surface area contributed by atoms with Crippen molar-refractivity contribution in [3.63, 3.8) is 0 Å². The number of hydrogen-bond donors (Lipinski definition) is 2. The number of ether oxygens (including phenoxy) is 2. The Morgan fingerprint density at radius 2 is 2.04 bits per heavy atom. The van der Waals surface area contributed by atoms with E-state index in [2.05, 4.69) is 5.32 Å². The minimum atomic E-state index is -1.18. The van der Waals surface area contributed by atoms with E-state index in [1.54, 1.807) is 6.07 Å². The van der Waals surface area contributed by atoms with Crippen LogP contribution in [0.25, 0.3) is 22.3 Å². The first kappa shape index (κ1) is 16.9. The second-order valence-corrected chi connectivity index (χ2v) is 5.98. The lowest BCUT2D eigenvalue weighted by Crippen LogP contribution is -2.12. The fraction of sp³-hybridized carbons (Fsp3) is 0.158. The van der Waals surface area contributed by atoms with Gasteiger partial charge < -0.3 is 24.3 Å². The summed E-state index contributed by atoms with van der Waals surface area (Å²) >= 11 is 0. The van der Waals surface area contributed by atoms with E-state index in [1.165, 1.54) is 37.4 Å². The van der Waals surface area contributed by atoms with Crippen LogP contribution >= 0.6 is 0 Å². The Balaban J connectivity index is 1.93. The Hall–Kier alpha value is -3.55. The minimum absolute atomic E-state index is 0.0528. The molecule has 4 rings (SSSR count). The first-order valence-electron chi connectivity index (χ1n) is 8.06. The molecular formula is C19H14FNO6. The largest absolute Gasteiger partial charge is 0.496 e. The Morgan fingerprint density at radius 3 is 2.63 bits per heavy atom. The quantitative estimate of drug-likeness (QED) is 0.725. The van der Waals surface area contributed by atoms with Gasteiger partial charge in [0.1, 0.15) is 34.6 Å². The molecule has 2 heterocycles. The second kappa shape index (κ2) is 6.31. The van der Waals surface area contributed by atoms with Crippen LogP contribution in [-0.4, -0.2) is 30.8 Å². The van der Waals surface area contributed by atoms with Crippen LogP contribution < -0.4 is 10.1 Å². The predicted octanol–water partition coefficient (Wildman–Crippen LogP) is 3.73. The van der Waals surface area contributed by atoms with E-state index >= 15 is 0 Å². The van der Waals surface area contributed by atoms with Crippen molar-refractivity contribution in [3.8, 4) is 17.1 Å². The summed E-state index contributed by atoms with van der Waals surface area (Å²) in [7, 11) is 1.44. The number of carboxylic acid groups (broad SMARTS) is 1. The number of alkyl carbamates (subject to hydrolysis) is 1. The lowest BCUT2D eigenvalue weighted by Gasteiger charge is -2.12. The van der Waals surface area contributed by atoms with Crippen molar-refractivity contribution in [1.82, 2.24) is 5.32 Å². The fourth-order valence-corrected chi connectivity index (χ4v) is 3.15. The number of cyclic esters (lactones) is 1. The van der Waals surface area contributed by atoms with Crippen molar-refractivity contribution in [2.75, 3.05) is 13.7 Å². The number of carbonyl (C=O) groups is 2. The van der Waals surface area contributed by atoms with Crippen LogP contribution in [0.4, 0.5) is 9.18 Å². The van der Waals surface area contributed by atoms with Gasteiger partial charge in [0.15, 0.2) is 0 Å². The number of carbonyl (C=O) groups excluding carboxylic acids is 1. The molecule has 1 aliphatic heterocycles. The number of furan rings is 1. The van der Waals surface area contributed by atoms with Crippen LogP contribution in [0, 0.1) is 5.82 Å². The molecular weight excluding hydrogens is 357 g/mol. The van der Waals surface area contributed by atoms with Gasteiger partial charge in [-0.05, 0) is 36.4 Å². The van der Waals surface area contributed by atoms with E-state index in [0.717, 1.165) is 0 Å². The molecule has 0 bridgehead atoms. The molecule has 138 valence electrons. The zero-order valence-electron chi connectivity index (χ0n) is 14.1. The lowest BCUT2D eigenvalue weighted by atomic mass is 10.0. The minimum Gasteiger partial charge on any atom is -0.496 e. The maximum Gasteiger partial charge on any atom is 0.407 e. The van der Waals surface area contributed by atoms with Gasteiger partial charge in [0.05, 0.1) is 13.7 Å². The first-order valence-corrected chi connectivity index (χ1v) is 8.06. The Labute approximate surface area is 152 Å². The Kier molecular flexibility index (Phi) is 3.95. The molecule has 0 saturated carbocycles. The van der Waals surface area contributed by atoms with Crippen molar-refractivity contribution in [1.29, 1.82) is 0 Å². The van der Waals surface area contributed by atoms with E-state index in [1.807, 2.05) is 0 Å². The molecule has 1 aliphatic rings. The van der Waals surface area contributed by atoms with E-state index in [0.29, 0.717) is 27.8 Å². The molecule has 0 radical (unpaired) electrons. The van der Waals surface area contributed by atoms with Gasteiger partial charge in [-0.3, -0.25) is 0 Å². The first-order chi connectivity index (χ1) is 13.0. The molecule has 1 atom stereocenters. The van der Waals surface area contributed by atoms with E-state index < -0.39 is 24.0 Å². The van der Waals surface area contributed by atoms with Crippen LogP contribution in [0.15, 0.2) is 40.8 Å². The molecule has 7 nitrogen and oxygen atoms in total. The Bertz CT molecular complexity index is 1060. The molecule has 0 spiro atoms. The number of nitrogens with one attached hydrogen (secondary N) is 1. The smallest absolute Gasteiger partial charge is 0.407 e. The summed E-state index contributed by atoms with van der Waals surface area (Å²) in [5.41, 5.74) is 1.23. The van der Waals surface area contributed by atoms with E-state index in [-0.39, 0.29) is 17.9 Å². The molecule has 3 aromatic rings. The zero-order valence-corrected chi connectivity index (χ0v) is 14.1. The second-order valence-electron chi connectivity index (χ2n) is 5.98. The highest BCUT2D eigenvalue weighted by Gasteiger charge is 2.30. The summed E-state index contributed by atoms with van der Waals surface area (Å²) in [6, 6.07) is 8.48. The maximum absolute atomic E-state index is 13.2. The molecule has 1 saturated heterocycles. The average Bonchev–Trinajstić information content (AvgIpc) is 3.24. The summed E-state index contributed by atoms with van der Waals surface area (Å²) in [5.74, 6) is -1.14. The number of methoxy groups -OCH3 is 1. The topological polar surface area (TPSA) is 98.0 Å². The SMILES string of the molecule is COc1cc2c(C(=O)O)c(-c3ccc(F)cc3)oc2cc1C1CNC(=O)O1. The zero-order chi connectivity index (χ0) is 19.1. The number of carboxylic acids is 1. The monoisotopic (exact) mass is 371 g/mol. The molecule has 1 amide bonds. The predicted molar refractivity (Wildman–Crippen MR) is 92.3 cm³/mol. The van der Waals surface area contributed by atoms with Crippen LogP contribution in [0.1, 0.15) is 22.0 Å². The van der Waals surface area contributed by atoms with Gasteiger partial charge in [0.2, 0.25) is 0 Å². The number of aromatic carboxylic acids is 1. The standard InChI is InChI=1S/C19H14FNO6/c1-25-13-7-12-14(6-11(13)15-8-21-19(24)27-15)26-17(16(12)18(22)23)9-2-4-10(20)5-3-9/h2-7,15H,8H2,1H3,(H,21,24)(H,22,23). The van der Waals surface area contributed by atoms with Crippen LogP contribution in [0.3, 0.4) is 0 Å². The normalized spacial score (nSPS) is 16.2. The van der Waals surface area contributed by atoms with E-state index in [9.17, 15) is 19.1 Å². The van der Waals surface area contributed by atoms with Crippen LogP contribution in [0.2, 0.25) is 0 Å². The van der Waals surface area contributed by atoms with Crippen molar-refractivity contribution >= 4 is 23.0 Å². The number of rotatable bonds is 4. The molecule has 1 fully saturated rings. The third-order valence-corrected chi connectivity index (χ3v) is 4.39. The van der Waals surface area contributed by atoms with Crippen LogP contribution in [0.5, 0.6) is 5.75 Å². The Morgan fingerprint density at radius 1 is 1.30 bits per heavy atom. The molecule has 2 aromatic carbocycles. The number of halogens is 1. The lowest BCUT2D eigenvalue weighted by molar-refractivity contribution is 0.0699. The summed E-state index contributed by atoms with van der Waals surface area (Å²) in [4.78, 5) is 23.2. The highest BCUT2D eigenvalue weighted by molar-refractivity contribution is 6.08. The number of benzene rings is 2. The van der Waals surface area contributed by atoms with Gasteiger partial charge in [-0.1, -0.05) is 0 Å². The van der Waals surface area contributed by atoms with Gasteiger partial charge in [-0.25, -0.2) is 14.0 Å². The number of hydrogen-bond acceptors (Lipinski definition) is 5. The van der Waals surface area contributed by atoms with Gasteiger partial charge >= 0.3 is 12.1 Å². The average molecular weight is 371 g/mol. The molecule has 0 aliphatic carbocycles. The number of amides is 1. The van der Waals surface area contributed by atoms with Crippen molar-refractivity contribution in [3.05, 3.63) is 53.3 Å². The molecule has 27 heavy (non-hydrogen) atoms. The maximum atomic E-state index is 13.2. The molecule has 8 heteroatoms. The highest BCUT2D eigenvalue weighted by atomic mass is 19.1. The number of fused-ring (bicyclic) bond motifs is 1. The fourth-order valence-electron chi connectivity index (χ4n) is 3.15. The van der Waals surface area contributed by atoms with Gasteiger partial charge in [-0.15, -0.1) is 0 Å². The summed E-state index contributed by atoms with van der Waals surface area (Å²) in [6.45, 7) is 0.262. The van der Waals surface area contributed by atoms with Crippen molar-refractivity contribution in [2.24, 2.45) is 0 Å². The summed E-state index contributed by atoms with van der Waals surface area (Å²) in [5, 5.41) is 12.6. The summed E-state index contributed by atoms with van der Waals surface area (Å²) < 4.78 is 29.6. The molecule has 2 N–H and O–H groups in total. The highest BCUT2D eigenvalue weighted by Crippen LogP contribution is 2.40.